The molecule has 0 aromatic carbocycles. The second-order valence-corrected chi connectivity index (χ2v) is 3.65. The van der Waals surface area contributed by atoms with Crippen LogP contribution in [0.2, 0.25) is 0 Å². The molecule has 15 heavy (non-hydrogen) atoms. The molecule has 0 aliphatic heterocycles. The Kier molecular flexibility index (Phi) is 2.59. The van der Waals surface area contributed by atoms with Crippen LogP contribution in [0.1, 0.15) is 25.5 Å². The first-order chi connectivity index (χ1) is 7.22. The second-order valence-electron chi connectivity index (χ2n) is 3.65. The highest BCUT2D eigenvalue weighted by molar-refractivity contribution is 5.33. The zero-order chi connectivity index (χ0) is 10.8. The number of tetrazole rings is 1. The van der Waals surface area contributed by atoms with Gasteiger partial charge in [0.25, 0.3) is 0 Å². The van der Waals surface area contributed by atoms with E-state index in [9.17, 15) is 0 Å². The van der Waals surface area contributed by atoms with Crippen LogP contribution in [0.5, 0.6) is 0 Å². The summed E-state index contributed by atoms with van der Waals surface area (Å²) >= 11 is 0. The average molecular weight is 206 g/mol. The largest absolute Gasteiger partial charge is 0.317 e. The Morgan fingerprint density at radius 2 is 2.13 bits per heavy atom. The molecule has 1 N–H and O–H groups in total. The maximum atomic E-state index is 4.34. The fourth-order valence-electron chi connectivity index (χ4n) is 1.41. The number of hydrogen-bond donors (Lipinski definition) is 1. The predicted octanol–water partition coefficient (Wildman–Crippen LogP) is 0.231. The normalized spacial score (nSPS) is 15.4. The van der Waals surface area contributed by atoms with Crippen LogP contribution in [-0.4, -0.2) is 38.3 Å². The van der Waals surface area contributed by atoms with Gasteiger partial charge in [-0.1, -0.05) is 6.92 Å². The van der Waals surface area contributed by atoms with Crippen molar-refractivity contribution in [2.24, 2.45) is 0 Å². The minimum absolute atomic E-state index is 0.323. The Morgan fingerprint density at radius 3 is 2.87 bits per heavy atom. The smallest absolute Gasteiger partial charge is 0.199 e. The Morgan fingerprint density at radius 1 is 1.33 bits per heavy atom. The molecular weight excluding hydrogens is 192 g/mol. The number of rotatable bonds is 3. The highest BCUT2D eigenvalue weighted by Crippen LogP contribution is 2.16. The molecule has 2 atom stereocenters. The fraction of sp³-hybridized carbons (Fsp3) is 0.556. The lowest BCUT2D eigenvalue weighted by molar-refractivity contribution is 0.505. The number of likely N-dealkylation sites (N-methyl/N-ethyl adjacent to an activating group) is 1. The van der Waals surface area contributed by atoms with Crippen molar-refractivity contribution < 1.29 is 0 Å². The molecule has 0 fully saturated rings. The monoisotopic (exact) mass is 206 g/mol. The first kappa shape index (κ1) is 9.97. The zero-order valence-corrected chi connectivity index (χ0v) is 9.05. The Bertz CT molecular complexity index is 451. The number of nitrogens with zero attached hydrogens (tertiary/aromatic N) is 5. The van der Waals surface area contributed by atoms with Gasteiger partial charge in [0.15, 0.2) is 5.65 Å². The van der Waals surface area contributed by atoms with Gasteiger partial charge in [0.2, 0.25) is 0 Å². The van der Waals surface area contributed by atoms with E-state index < -0.39 is 0 Å². The summed E-state index contributed by atoms with van der Waals surface area (Å²) in [6, 6.07) is 4.21. The Balaban J connectivity index is 2.35. The van der Waals surface area contributed by atoms with E-state index in [0.717, 1.165) is 5.69 Å². The molecule has 0 amide bonds. The van der Waals surface area contributed by atoms with Gasteiger partial charge < -0.3 is 5.32 Å². The molecule has 2 rings (SSSR count). The van der Waals surface area contributed by atoms with E-state index >= 15 is 0 Å². The van der Waals surface area contributed by atoms with E-state index in [0.29, 0.717) is 17.6 Å². The van der Waals surface area contributed by atoms with Crippen molar-refractivity contribution in [2.75, 3.05) is 7.05 Å². The third-order valence-corrected chi connectivity index (χ3v) is 2.76. The van der Waals surface area contributed by atoms with Gasteiger partial charge in [-0.2, -0.15) is 5.10 Å². The van der Waals surface area contributed by atoms with Crippen molar-refractivity contribution in [3.63, 3.8) is 0 Å². The lowest BCUT2D eigenvalue weighted by atomic mass is 10.00. The van der Waals surface area contributed by atoms with E-state index in [4.69, 9.17) is 0 Å². The number of nitrogens with one attached hydrogen (secondary N) is 1. The van der Waals surface area contributed by atoms with Gasteiger partial charge in [-0.3, -0.25) is 0 Å². The summed E-state index contributed by atoms with van der Waals surface area (Å²) in [5, 5.41) is 18.7. The Hall–Kier alpha value is -1.56. The summed E-state index contributed by atoms with van der Waals surface area (Å²) in [4.78, 5) is 0. The zero-order valence-electron chi connectivity index (χ0n) is 9.05. The van der Waals surface area contributed by atoms with Crippen LogP contribution in [0.15, 0.2) is 12.1 Å². The van der Waals surface area contributed by atoms with Gasteiger partial charge in [-0.05, 0) is 36.5 Å². The number of hydrogen-bond acceptors (Lipinski definition) is 5. The topological polar surface area (TPSA) is 68.0 Å². The third kappa shape index (κ3) is 1.80. The van der Waals surface area contributed by atoms with Crippen molar-refractivity contribution in [1.29, 1.82) is 0 Å². The summed E-state index contributed by atoms with van der Waals surface area (Å²) in [6.07, 6.45) is 0. The van der Waals surface area contributed by atoms with Crippen molar-refractivity contribution >= 4 is 5.65 Å². The lowest BCUT2D eigenvalue weighted by Crippen LogP contribution is -2.28. The van der Waals surface area contributed by atoms with E-state index in [1.165, 1.54) is 4.63 Å². The Labute approximate surface area is 87.7 Å². The van der Waals surface area contributed by atoms with Crippen LogP contribution in [0, 0.1) is 0 Å². The molecule has 0 radical (unpaired) electrons. The first-order valence-electron chi connectivity index (χ1n) is 4.95. The summed E-state index contributed by atoms with van der Waals surface area (Å²) in [6.45, 7) is 4.25. The van der Waals surface area contributed by atoms with E-state index in [1.807, 2.05) is 19.2 Å². The summed E-state index contributed by atoms with van der Waals surface area (Å²) < 4.78 is 1.45. The standard InChI is InChI=1S/C9H14N6/c1-6(7(2)10-3)8-4-5-9-11-13-14-15(9)12-8/h4-7,10H,1-3H3. The minimum Gasteiger partial charge on any atom is -0.317 e. The molecule has 2 aromatic rings. The molecule has 6 heteroatoms. The molecule has 2 unspecified atom stereocenters. The van der Waals surface area contributed by atoms with Crippen LogP contribution < -0.4 is 5.32 Å². The van der Waals surface area contributed by atoms with Crippen molar-refractivity contribution in [1.82, 2.24) is 30.6 Å². The molecule has 2 heterocycles. The van der Waals surface area contributed by atoms with Gasteiger partial charge in [-0.15, -0.1) is 9.73 Å². The molecule has 0 saturated heterocycles. The fourth-order valence-corrected chi connectivity index (χ4v) is 1.41. The van der Waals surface area contributed by atoms with E-state index in [1.54, 1.807) is 0 Å². The molecule has 6 nitrogen and oxygen atoms in total. The average Bonchev–Trinajstić information content (AvgIpc) is 2.73. The maximum Gasteiger partial charge on any atom is 0.199 e. The van der Waals surface area contributed by atoms with Crippen LogP contribution in [-0.2, 0) is 0 Å². The maximum absolute atomic E-state index is 4.34. The van der Waals surface area contributed by atoms with Crippen LogP contribution in [0.4, 0.5) is 0 Å². The van der Waals surface area contributed by atoms with Gasteiger partial charge in [0.1, 0.15) is 0 Å². The number of fused-ring (bicyclic) bond motifs is 1. The SMILES string of the molecule is CNC(C)C(C)c1ccc2nnnn2n1. The highest BCUT2D eigenvalue weighted by Gasteiger charge is 2.14. The quantitative estimate of drug-likeness (QED) is 0.778. The molecule has 0 bridgehead atoms. The summed E-state index contributed by atoms with van der Waals surface area (Å²) in [5.74, 6) is 0.323. The van der Waals surface area contributed by atoms with Gasteiger partial charge in [0, 0.05) is 12.0 Å². The van der Waals surface area contributed by atoms with Crippen molar-refractivity contribution in [3.8, 4) is 0 Å². The molecule has 80 valence electrons. The van der Waals surface area contributed by atoms with Crippen LogP contribution in [0.25, 0.3) is 5.65 Å². The van der Waals surface area contributed by atoms with Crippen LogP contribution >= 0.6 is 0 Å². The molecule has 0 aliphatic carbocycles. The lowest BCUT2D eigenvalue weighted by Gasteiger charge is -2.17. The summed E-state index contributed by atoms with van der Waals surface area (Å²) in [5.41, 5.74) is 1.65. The van der Waals surface area contributed by atoms with Gasteiger partial charge >= 0.3 is 0 Å². The van der Waals surface area contributed by atoms with Crippen LogP contribution in [0.3, 0.4) is 0 Å². The predicted molar refractivity (Wildman–Crippen MR) is 55.5 cm³/mol. The molecule has 0 spiro atoms. The second kappa shape index (κ2) is 3.90. The summed E-state index contributed by atoms with van der Waals surface area (Å²) in [7, 11) is 1.94. The van der Waals surface area contributed by atoms with Gasteiger partial charge in [0.05, 0.1) is 5.69 Å². The molecule has 2 aromatic heterocycles. The molecular formula is C9H14N6. The van der Waals surface area contributed by atoms with Gasteiger partial charge in [-0.25, -0.2) is 0 Å². The molecule has 0 saturated carbocycles. The highest BCUT2D eigenvalue weighted by atomic mass is 15.6. The number of aromatic nitrogens is 5. The van der Waals surface area contributed by atoms with Crippen molar-refractivity contribution in [2.45, 2.75) is 25.8 Å². The van der Waals surface area contributed by atoms with E-state index in [2.05, 4.69) is 39.8 Å². The minimum atomic E-state index is 0.323. The molecule has 0 aliphatic rings. The van der Waals surface area contributed by atoms with Crippen molar-refractivity contribution in [3.05, 3.63) is 17.8 Å². The first-order valence-corrected chi connectivity index (χ1v) is 4.95. The van der Waals surface area contributed by atoms with E-state index in [-0.39, 0.29) is 0 Å². The third-order valence-electron chi connectivity index (χ3n) is 2.76.